The van der Waals surface area contributed by atoms with E-state index in [-0.39, 0.29) is 17.9 Å². The number of aliphatic hydroxyl groups is 1. The topological polar surface area (TPSA) is 113 Å². The predicted octanol–water partition coefficient (Wildman–Crippen LogP) is 1.67. The highest BCUT2D eigenvalue weighted by molar-refractivity contribution is 6.02. The number of aromatic nitrogens is 4. The zero-order valence-electron chi connectivity index (χ0n) is 15.4. The lowest BCUT2D eigenvalue weighted by atomic mass is 10.1. The van der Waals surface area contributed by atoms with Crippen molar-refractivity contribution in [1.29, 1.82) is 0 Å². The highest BCUT2D eigenvalue weighted by Crippen LogP contribution is 2.13. The Morgan fingerprint density at radius 1 is 1.11 bits per heavy atom. The Labute approximate surface area is 155 Å². The standard InChI is InChI=1S/C19H21N5O3/c1-11-12(2)21-18(13(3)20-11)24-17(26)10-16(23-24)19(27)22-15-6-4-14(5-7-15)8-9-25/h4-7,10,23,25H,8-9H2,1-3H3,(H,22,27). The van der Waals surface area contributed by atoms with Gasteiger partial charge in [0.25, 0.3) is 11.5 Å². The molecule has 0 saturated carbocycles. The van der Waals surface area contributed by atoms with E-state index in [1.54, 1.807) is 19.1 Å². The fourth-order valence-electron chi connectivity index (χ4n) is 2.67. The van der Waals surface area contributed by atoms with Gasteiger partial charge in [0.05, 0.1) is 17.1 Å². The van der Waals surface area contributed by atoms with Crippen molar-refractivity contribution in [2.24, 2.45) is 0 Å². The van der Waals surface area contributed by atoms with Crippen LogP contribution in [0.4, 0.5) is 5.69 Å². The van der Waals surface area contributed by atoms with Gasteiger partial charge in [-0.3, -0.25) is 19.7 Å². The quantitative estimate of drug-likeness (QED) is 0.635. The lowest BCUT2D eigenvalue weighted by Crippen LogP contribution is -2.18. The number of anilines is 1. The Morgan fingerprint density at radius 3 is 2.44 bits per heavy atom. The van der Waals surface area contributed by atoms with E-state index in [0.29, 0.717) is 29.3 Å². The Morgan fingerprint density at radius 2 is 1.78 bits per heavy atom. The van der Waals surface area contributed by atoms with Crippen LogP contribution in [0.15, 0.2) is 35.1 Å². The number of nitrogens with zero attached hydrogens (tertiary/aromatic N) is 3. The van der Waals surface area contributed by atoms with Gasteiger partial charge in [-0.2, -0.15) is 4.68 Å². The second kappa shape index (κ2) is 7.55. The van der Waals surface area contributed by atoms with Crippen LogP contribution in [0.25, 0.3) is 5.82 Å². The molecule has 0 saturated heterocycles. The number of hydrogen-bond donors (Lipinski definition) is 3. The summed E-state index contributed by atoms with van der Waals surface area (Å²) in [5, 5.41) is 14.5. The molecule has 2 heterocycles. The molecule has 8 nitrogen and oxygen atoms in total. The summed E-state index contributed by atoms with van der Waals surface area (Å²) in [6.07, 6.45) is 0.556. The third-order valence-electron chi connectivity index (χ3n) is 4.25. The summed E-state index contributed by atoms with van der Waals surface area (Å²) in [6.45, 7) is 5.49. The molecule has 0 aliphatic carbocycles. The van der Waals surface area contributed by atoms with E-state index in [0.717, 1.165) is 11.3 Å². The first-order chi connectivity index (χ1) is 12.9. The molecule has 0 aliphatic rings. The number of aryl methyl sites for hydroxylation is 3. The summed E-state index contributed by atoms with van der Waals surface area (Å²) in [5.74, 6) is -0.0642. The first-order valence-electron chi connectivity index (χ1n) is 8.54. The fourth-order valence-corrected chi connectivity index (χ4v) is 2.67. The normalized spacial score (nSPS) is 10.8. The molecule has 27 heavy (non-hydrogen) atoms. The van der Waals surface area contributed by atoms with E-state index >= 15 is 0 Å². The molecular weight excluding hydrogens is 346 g/mol. The zero-order chi connectivity index (χ0) is 19.6. The van der Waals surface area contributed by atoms with Crippen LogP contribution in [-0.2, 0) is 6.42 Å². The van der Waals surface area contributed by atoms with Crippen LogP contribution in [0.3, 0.4) is 0 Å². The van der Waals surface area contributed by atoms with Crippen molar-refractivity contribution < 1.29 is 9.90 Å². The number of hydrogen-bond acceptors (Lipinski definition) is 5. The summed E-state index contributed by atoms with van der Waals surface area (Å²) >= 11 is 0. The highest BCUT2D eigenvalue weighted by atomic mass is 16.3. The number of rotatable bonds is 5. The van der Waals surface area contributed by atoms with Gasteiger partial charge in [-0.05, 0) is 44.9 Å². The molecular formula is C19H21N5O3. The number of benzene rings is 1. The molecule has 0 spiro atoms. The first-order valence-corrected chi connectivity index (χ1v) is 8.54. The van der Waals surface area contributed by atoms with Crippen LogP contribution in [0.5, 0.6) is 0 Å². The van der Waals surface area contributed by atoms with Gasteiger partial charge >= 0.3 is 0 Å². The number of H-pyrrole nitrogens is 1. The lowest BCUT2D eigenvalue weighted by molar-refractivity contribution is 0.102. The summed E-state index contributed by atoms with van der Waals surface area (Å²) in [5.41, 5.74) is 3.40. The molecule has 2 aromatic heterocycles. The smallest absolute Gasteiger partial charge is 0.273 e. The molecule has 3 rings (SSSR count). The molecule has 0 radical (unpaired) electrons. The molecule has 140 valence electrons. The van der Waals surface area contributed by atoms with Crippen molar-refractivity contribution in [3.8, 4) is 5.82 Å². The lowest BCUT2D eigenvalue weighted by Gasteiger charge is -2.08. The molecule has 3 N–H and O–H groups in total. The van der Waals surface area contributed by atoms with E-state index in [2.05, 4.69) is 20.4 Å². The second-order valence-electron chi connectivity index (χ2n) is 6.27. The number of aliphatic hydroxyl groups excluding tert-OH is 1. The van der Waals surface area contributed by atoms with Gasteiger partial charge in [0, 0.05) is 18.4 Å². The first kappa shape index (κ1) is 18.5. The molecule has 0 atom stereocenters. The monoisotopic (exact) mass is 367 g/mol. The SMILES string of the molecule is Cc1nc(C)c(-n2[nH]c(C(=O)Nc3ccc(CCO)cc3)cc2=O)nc1C. The molecule has 1 aromatic carbocycles. The van der Waals surface area contributed by atoms with Crippen LogP contribution >= 0.6 is 0 Å². The Kier molecular flexibility index (Phi) is 5.18. The molecule has 1 amide bonds. The van der Waals surface area contributed by atoms with Gasteiger partial charge in [0.15, 0.2) is 5.82 Å². The van der Waals surface area contributed by atoms with Gasteiger partial charge in [-0.25, -0.2) is 4.98 Å². The third kappa shape index (κ3) is 3.95. The zero-order valence-corrected chi connectivity index (χ0v) is 15.4. The van der Waals surface area contributed by atoms with E-state index in [9.17, 15) is 9.59 Å². The van der Waals surface area contributed by atoms with Crippen LogP contribution in [0.1, 0.15) is 33.1 Å². The van der Waals surface area contributed by atoms with Crippen molar-refractivity contribution in [1.82, 2.24) is 19.7 Å². The number of aromatic amines is 1. The Hall–Kier alpha value is -3.26. The van der Waals surface area contributed by atoms with Crippen molar-refractivity contribution in [3.63, 3.8) is 0 Å². The predicted molar refractivity (Wildman–Crippen MR) is 101 cm³/mol. The van der Waals surface area contributed by atoms with Gasteiger partial charge in [-0.15, -0.1) is 0 Å². The van der Waals surface area contributed by atoms with Gasteiger partial charge in [0.2, 0.25) is 0 Å². The molecule has 0 bridgehead atoms. The minimum absolute atomic E-state index is 0.0707. The van der Waals surface area contributed by atoms with Crippen molar-refractivity contribution >= 4 is 11.6 Å². The maximum absolute atomic E-state index is 12.5. The number of nitrogens with one attached hydrogen (secondary N) is 2. The average molecular weight is 367 g/mol. The highest BCUT2D eigenvalue weighted by Gasteiger charge is 2.16. The van der Waals surface area contributed by atoms with E-state index < -0.39 is 5.91 Å². The van der Waals surface area contributed by atoms with E-state index in [1.807, 2.05) is 26.0 Å². The second-order valence-corrected chi connectivity index (χ2v) is 6.27. The molecule has 0 fully saturated rings. The van der Waals surface area contributed by atoms with Gasteiger partial charge in [-0.1, -0.05) is 12.1 Å². The molecule has 0 unspecified atom stereocenters. The van der Waals surface area contributed by atoms with Crippen LogP contribution in [0.2, 0.25) is 0 Å². The maximum atomic E-state index is 12.5. The van der Waals surface area contributed by atoms with Gasteiger partial charge in [0.1, 0.15) is 5.69 Å². The summed E-state index contributed by atoms with van der Waals surface area (Å²) < 4.78 is 1.22. The summed E-state index contributed by atoms with van der Waals surface area (Å²) in [6, 6.07) is 8.38. The van der Waals surface area contributed by atoms with Crippen molar-refractivity contribution in [3.05, 3.63) is 69.0 Å². The van der Waals surface area contributed by atoms with Crippen LogP contribution < -0.4 is 10.9 Å². The molecule has 3 aromatic rings. The van der Waals surface area contributed by atoms with E-state index in [1.165, 1.54) is 10.7 Å². The van der Waals surface area contributed by atoms with E-state index in [4.69, 9.17) is 5.11 Å². The fraction of sp³-hybridized carbons (Fsp3) is 0.263. The maximum Gasteiger partial charge on any atom is 0.273 e. The van der Waals surface area contributed by atoms with Crippen molar-refractivity contribution in [2.45, 2.75) is 27.2 Å². The van der Waals surface area contributed by atoms with Crippen LogP contribution in [-0.4, -0.2) is 37.4 Å². The summed E-state index contributed by atoms with van der Waals surface area (Å²) in [7, 11) is 0. The van der Waals surface area contributed by atoms with Crippen LogP contribution in [0, 0.1) is 20.8 Å². The number of carbonyl (C=O) groups excluding carboxylic acids is 1. The molecule has 8 heteroatoms. The third-order valence-corrected chi connectivity index (χ3v) is 4.25. The Bertz CT molecular complexity index is 1030. The Balaban J connectivity index is 1.84. The minimum atomic E-state index is -0.435. The number of amides is 1. The van der Waals surface area contributed by atoms with Gasteiger partial charge < -0.3 is 10.4 Å². The minimum Gasteiger partial charge on any atom is -0.396 e. The number of carbonyl (C=O) groups is 1. The molecule has 0 aliphatic heterocycles. The average Bonchev–Trinajstić information content (AvgIpc) is 3.02. The van der Waals surface area contributed by atoms with Crippen molar-refractivity contribution in [2.75, 3.05) is 11.9 Å². The largest absolute Gasteiger partial charge is 0.396 e. The summed E-state index contributed by atoms with van der Waals surface area (Å²) in [4.78, 5) is 33.6.